The Morgan fingerprint density at radius 3 is 2.64 bits per heavy atom. The van der Waals surface area contributed by atoms with Crippen LogP contribution in [0, 0.1) is 0 Å². The van der Waals surface area contributed by atoms with Crippen molar-refractivity contribution in [1.29, 1.82) is 0 Å². The van der Waals surface area contributed by atoms with Crippen LogP contribution in [0.25, 0.3) is 0 Å². The average Bonchev–Trinajstić information content (AvgIpc) is 1.85. The number of alkyl halides is 2. The second kappa shape index (κ2) is 3.18. The molecule has 0 amide bonds. The van der Waals surface area contributed by atoms with Crippen molar-refractivity contribution in [2.75, 3.05) is 0 Å². The molecule has 0 spiro atoms. The first-order valence-corrected chi connectivity index (χ1v) is 2.90. The van der Waals surface area contributed by atoms with Gasteiger partial charge in [0.25, 0.3) is 0 Å². The van der Waals surface area contributed by atoms with Crippen molar-refractivity contribution in [3.8, 4) is 11.5 Å². The summed E-state index contributed by atoms with van der Waals surface area (Å²) in [6.45, 7) is -2.88. The minimum absolute atomic E-state index is 0.104. The number of halogens is 2. The normalized spacial score (nSPS) is 10.1. The van der Waals surface area contributed by atoms with Crippen LogP contribution in [0.1, 0.15) is 0 Å². The molecule has 0 unspecified atom stereocenters. The zero-order valence-corrected chi connectivity index (χ0v) is 5.46. The van der Waals surface area contributed by atoms with Gasteiger partial charge in [-0.15, -0.1) is 0 Å². The van der Waals surface area contributed by atoms with E-state index in [1.54, 1.807) is 0 Å². The minimum atomic E-state index is -2.88. The molecule has 1 aromatic rings. The Morgan fingerprint density at radius 2 is 2.09 bits per heavy atom. The topological polar surface area (TPSA) is 29.1 Å². The molecule has 11 heavy (non-hydrogen) atoms. The third-order valence-corrected chi connectivity index (χ3v) is 1.03. The van der Waals surface area contributed by atoms with E-state index in [9.17, 15) is 13.9 Å². The fourth-order valence-electron chi connectivity index (χ4n) is 0.650. The molecule has 0 aliphatic heterocycles. The van der Waals surface area contributed by atoms with Gasteiger partial charge in [0.2, 0.25) is 0 Å². The van der Waals surface area contributed by atoms with Crippen molar-refractivity contribution >= 4 is 0 Å². The highest BCUT2D eigenvalue weighted by atomic mass is 19.3. The Hall–Kier alpha value is -1.32. The Labute approximate surface area is 62.0 Å². The fraction of sp³-hybridized carbons (Fsp3) is 0.143. The van der Waals surface area contributed by atoms with E-state index in [1.165, 1.54) is 18.2 Å². The molecular weight excluding hydrogens is 154 g/mol. The summed E-state index contributed by atoms with van der Waals surface area (Å²) in [5.74, 6) is -0.448. The van der Waals surface area contributed by atoms with Gasteiger partial charge in [-0.1, -0.05) is 6.07 Å². The SMILES string of the molecule is [O]c1cccc(OC(F)F)c1. The Kier molecular flexibility index (Phi) is 2.25. The van der Waals surface area contributed by atoms with Crippen LogP contribution in [0.5, 0.6) is 11.5 Å². The van der Waals surface area contributed by atoms with Gasteiger partial charge in [0, 0.05) is 6.07 Å². The molecule has 4 heteroatoms. The van der Waals surface area contributed by atoms with Crippen LogP contribution in [0.2, 0.25) is 0 Å². The summed E-state index contributed by atoms with van der Waals surface area (Å²) < 4.78 is 27.0. The maximum atomic E-state index is 11.5. The summed E-state index contributed by atoms with van der Waals surface area (Å²) in [5, 5.41) is 10.5. The van der Waals surface area contributed by atoms with Crippen molar-refractivity contribution in [2.45, 2.75) is 6.61 Å². The second-order valence-corrected chi connectivity index (χ2v) is 1.85. The summed E-state index contributed by atoms with van der Waals surface area (Å²) in [4.78, 5) is 0. The second-order valence-electron chi connectivity index (χ2n) is 1.85. The third-order valence-electron chi connectivity index (χ3n) is 1.03. The molecule has 0 aliphatic carbocycles. The van der Waals surface area contributed by atoms with Crippen LogP contribution in [-0.2, 0) is 5.11 Å². The maximum absolute atomic E-state index is 11.5. The third kappa shape index (κ3) is 2.41. The zero-order valence-electron chi connectivity index (χ0n) is 5.46. The van der Waals surface area contributed by atoms with Crippen LogP contribution in [-0.4, -0.2) is 6.61 Å². The van der Waals surface area contributed by atoms with E-state index in [0.29, 0.717) is 0 Å². The van der Waals surface area contributed by atoms with E-state index < -0.39 is 6.61 Å². The number of benzene rings is 1. The van der Waals surface area contributed by atoms with Crippen LogP contribution >= 0.6 is 0 Å². The summed E-state index contributed by atoms with van der Waals surface area (Å²) in [6.07, 6.45) is 0. The lowest BCUT2D eigenvalue weighted by molar-refractivity contribution is -0.0499. The van der Waals surface area contributed by atoms with E-state index in [2.05, 4.69) is 4.74 Å². The minimum Gasteiger partial charge on any atom is -0.435 e. The first kappa shape index (κ1) is 7.78. The molecule has 0 bridgehead atoms. The molecule has 0 N–H and O–H groups in total. The van der Waals surface area contributed by atoms with E-state index >= 15 is 0 Å². The van der Waals surface area contributed by atoms with E-state index in [4.69, 9.17) is 0 Å². The Balaban J connectivity index is 2.71. The highest BCUT2D eigenvalue weighted by Crippen LogP contribution is 2.19. The molecule has 2 nitrogen and oxygen atoms in total. The van der Waals surface area contributed by atoms with Crippen molar-refractivity contribution in [3.63, 3.8) is 0 Å². The fourth-order valence-corrected chi connectivity index (χ4v) is 0.650. The van der Waals surface area contributed by atoms with Gasteiger partial charge in [0.15, 0.2) is 5.75 Å². The lowest BCUT2D eigenvalue weighted by Crippen LogP contribution is -2.01. The molecule has 1 aromatic carbocycles. The van der Waals surface area contributed by atoms with Gasteiger partial charge < -0.3 is 4.74 Å². The summed E-state index contributed by atoms with van der Waals surface area (Å²) >= 11 is 0. The first-order valence-electron chi connectivity index (χ1n) is 2.90. The summed E-state index contributed by atoms with van der Waals surface area (Å²) in [5.41, 5.74) is 0. The first-order chi connectivity index (χ1) is 5.18. The van der Waals surface area contributed by atoms with Crippen LogP contribution in [0.3, 0.4) is 0 Å². The standard InChI is InChI=1S/C7H5F2O2/c8-7(9)11-6-3-1-2-5(10)4-6/h1-4,7H. The Bertz CT molecular complexity index is 238. The van der Waals surface area contributed by atoms with E-state index in [0.717, 1.165) is 6.07 Å². The molecule has 0 saturated heterocycles. The molecule has 0 atom stereocenters. The average molecular weight is 159 g/mol. The quantitative estimate of drug-likeness (QED) is 0.651. The predicted octanol–water partition coefficient (Wildman–Crippen LogP) is 2.43. The molecular formula is C7H5F2O2. The molecule has 0 aliphatic rings. The molecule has 0 fully saturated rings. The smallest absolute Gasteiger partial charge is 0.387 e. The number of hydrogen-bond acceptors (Lipinski definition) is 1. The van der Waals surface area contributed by atoms with Crippen molar-refractivity contribution in [2.24, 2.45) is 0 Å². The van der Waals surface area contributed by atoms with Gasteiger partial charge >= 0.3 is 6.61 Å². The van der Waals surface area contributed by atoms with Crippen LogP contribution < -0.4 is 4.74 Å². The van der Waals surface area contributed by atoms with E-state index in [-0.39, 0.29) is 11.5 Å². The van der Waals surface area contributed by atoms with Crippen LogP contribution in [0.4, 0.5) is 8.78 Å². The molecule has 0 heterocycles. The van der Waals surface area contributed by atoms with Gasteiger partial charge in [-0.05, 0) is 12.1 Å². The number of rotatable bonds is 2. The van der Waals surface area contributed by atoms with Gasteiger partial charge in [-0.25, -0.2) is 0 Å². The molecule has 59 valence electrons. The lowest BCUT2D eigenvalue weighted by atomic mass is 10.3. The monoisotopic (exact) mass is 159 g/mol. The number of hydrogen-bond donors (Lipinski definition) is 0. The lowest BCUT2D eigenvalue weighted by Gasteiger charge is -2.02. The number of ether oxygens (including phenoxy) is 1. The summed E-state index contributed by atoms with van der Waals surface area (Å²) in [6, 6.07) is 4.93. The van der Waals surface area contributed by atoms with Crippen molar-refractivity contribution < 1.29 is 18.6 Å². The molecule has 1 rings (SSSR count). The van der Waals surface area contributed by atoms with Gasteiger partial charge in [-0.2, -0.15) is 8.78 Å². The van der Waals surface area contributed by atoms with Crippen molar-refractivity contribution in [1.82, 2.24) is 0 Å². The van der Waals surface area contributed by atoms with Gasteiger partial charge in [0.05, 0.1) is 0 Å². The Morgan fingerprint density at radius 1 is 1.36 bits per heavy atom. The van der Waals surface area contributed by atoms with Crippen LogP contribution in [0.15, 0.2) is 24.3 Å². The predicted molar refractivity (Wildman–Crippen MR) is 33.2 cm³/mol. The highest BCUT2D eigenvalue weighted by molar-refractivity contribution is 5.31. The highest BCUT2D eigenvalue weighted by Gasteiger charge is 2.03. The summed E-state index contributed by atoms with van der Waals surface area (Å²) in [7, 11) is 0. The largest absolute Gasteiger partial charge is 0.435 e. The van der Waals surface area contributed by atoms with E-state index in [1.807, 2.05) is 0 Å². The van der Waals surface area contributed by atoms with Gasteiger partial charge in [-0.3, -0.25) is 5.11 Å². The maximum Gasteiger partial charge on any atom is 0.387 e. The molecule has 0 saturated carbocycles. The van der Waals surface area contributed by atoms with Crippen molar-refractivity contribution in [3.05, 3.63) is 24.3 Å². The molecule has 0 aromatic heterocycles. The molecule has 1 radical (unpaired) electrons. The van der Waals surface area contributed by atoms with Gasteiger partial charge in [0.1, 0.15) is 5.75 Å². The zero-order chi connectivity index (χ0) is 8.27.